The van der Waals surface area contributed by atoms with Gasteiger partial charge in [-0.15, -0.1) is 11.3 Å². The van der Waals surface area contributed by atoms with Crippen molar-refractivity contribution in [2.45, 2.75) is 0 Å². The molecule has 1 rings (SSSR count). The number of nitriles is 1. The first-order valence-corrected chi connectivity index (χ1v) is 4.24. The van der Waals surface area contributed by atoms with Crippen LogP contribution in [0.5, 0.6) is 0 Å². The Morgan fingerprint density at radius 3 is 2.82 bits per heavy atom. The topological polar surface area (TPSA) is 61.1 Å². The molecule has 0 aliphatic rings. The molecule has 0 radical (unpaired) electrons. The third-order valence-electron chi connectivity index (χ3n) is 1.05. The van der Waals surface area contributed by atoms with Crippen molar-refractivity contribution >= 4 is 33.2 Å². The summed E-state index contributed by atoms with van der Waals surface area (Å²) < 4.78 is 0.544. The van der Waals surface area contributed by atoms with Gasteiger partial charge in [-0.3, -0.25) is 0 Å². The first-order chi connectivity index (χ1) is 5.16. The van der Waals surface area contributed by atoms with E-state index >= 15 is 0 Å². The maximum atomic E-state index is 10.4. The molecule has 0 unspecified atom stereocenters. The van der Waals surface area contributed by atoms with Crippen LogP contribution in [0.25, 0.3) is 0 Å². The van der Waals surface area contributed by atoms with Crippen LogP contribution in [-0.2, 0) is 0 Å². The molecule has 11 heavy (non-hydrogen) atoms. The molecule has 1 aromatic heterocycles. The van der Waals surface area contributed by atoms with E-state index < -0.39 is 5.97 Å². The quantitative estimate of drug-likeness (QED) is 0.806. The molecule has 0 aliphatic carbocycles. The van der Waals surface area contributed by atoms with Crippen molar-refractivity contribution in [2.24, 2.45) is 0 Å². The number of rotatable bonds is 1. The number of nitrogens with zero attached hydrogens (tertiary/aromatic N) is 1. The fraction of sp³-hybridized carbons (Fsp3) is 0. The summed E-state index contributed by atoms with van der Waals surface area (Å²) in [6.45, 7) is 0. The van der Waals surface area contributed by atoms with E-state index in [-0.39, 0.29) is 10.4 Å². The lowest BCUT2D eigenvalue weighted by Crippen LogP contribution is -1.94. The smallest absolute Gasteiger partial charge is 0.347 e. The van der Waals surface area contributed by atoms with Gasteiger partial charge in [0.2, 0.25) is 0 Å². The Labute approximate surface area is 75.0 Å². The third kappa shape index (κ3) is 1.42. The molecule has 0 spiro atoms. The van der Waals surface area contributed by atoms with E-state index in [4.69, 9.17) is 10.4 Å². The van der Waals surface area contributed by atoms with E-state index in [0.29, 0.717) is 4.47 Å². The number of carboxylic acids is 1. The van der Waals surface area contributed by atoms with Crippen LogP contribution in [0.4, 0.5) is 0 Å². The van der Waals surface area contributed by atoms with E-state index in [1.54, 1.807) is 5.38 Å². The normalized spacial score (nSPS) is 9.09. The average Bonchev–Trinajstić information content (AvgIpc) is 2.30. The molecule has 0 fully saturated rings. The first-order valence-electron chi connectivity index (χ1n) is 2.57. The molecular formula is C6H2BrNO2S. The van der Waals surface area contributed by atoms with Gasteiger partial charge < -0.3 is 5.11 Å². The lowest BCUT2D eigenvalue weighted by molar-refractivity contribution is 0.0702. The van der Waals surface area contributed by atoms with Crippen molar-refractivity contribution in [2.75, 3.05) is 0 Å². The highest BCUT2D eigenvalue weighted by atomic mass is 79.9. The van der Waals surface area contributed by atoms with Crippen LogP contribution in [0.1, 0.15) is 15.2 Å². The molecule has 0 saturated heterocycles. The number of thiophene rings is 1. The summed E-state index contributed by atoms with van der Waals surface area (Å²) in [4.78, 5) is 10.5. The maximum Gasteiger partial charge on any atom is 0.347 e. The zero-order chi connectivity index (χ0) is 8.43. The van der Waals surface area contributed by atoms with Gasteiger partial charge in [0.1, 0.15) is 10.9 Å². The number of carboxylic acid groups (broad SMARTS) is 1. The molecule has 0 saturated carbocycles. The summed E-state index contributed by atoms with van der Waals surface area (Å²) >= 11 is 4.11. The summed E-state index contributed by atoms with van der Waals surface area (Å²) in [5.41, 5.74) is 0.197. The van der Waals surface area contributed by atoms with Gasteiger partial charge in [0.15, 0.2) is 0 Å². The van der Waals surface area contributed by atoms with Crippen molar-refractivity contribution in [3.05, 3.63) is 20.3 Å². The summed E-state index contributed by atoms with van der Waals surface area (Å²) in [5.74, 6) is -1.06. The number of hydrogen-bond acceptors (Lipinski definition) is 3. The number of hydrogen-bond donors (Lipinski definition) is 1. The predicted molar refractivity (Wildman–Crippen MR) is 43.7 cm³/mol. The van der Waals surface area contributed by atoms with E-state index in [1.807, 2.05) is 6.07 Å². The van der Waals surface area contributed by atoms with Crippen molar-refractivity contribution in [3.8, 4) is 6.07 Å². The molecule has 1 aromatic rings. The highest BCUT2D eigenvalue weighted by molar-refractivity contribution is 9.10. The van der Waals surface area contributed by atoms with Gasteiger partial charge in [0.25, 0.3) is 0 Å². The molecule has 1 heterocycles. The van der Waals surface area contributed by atoms with Crippen molar-refractivity contribution in [1.82, 2.24) is 0 Å². The van der Waals surface area contributed by atoms with Gasteiger partial charge in [-0.1, -0.05) is 0 Å². The number of halogens is 1. The summed E-state index contributed by atoms with van der Waals surface area (Å²) in [6, 6.07) is 1.81. The highest BCUT2D eigenvalue weighted by Crippen LogP contribution is 2.26. The Morgan fingerprint density at radius 1 is 1.82 bits per heavy atom. The van der Waals surface area contributed by atoms with Crippen LogP contribution in [0.3, 0.4) is 0 Å². The highest BCUT2D eigenvalue weighted by Gasteiger charge is 2.14. The maximum absolute atomic E-state index is 10.4. The standard InChI is InChI=1S/C6H2BrNO2S/c7-4-2-11-5(6(9)10)3(4)1-8/h2H,(H,9,10). The van der Waals surface area contributed by atoms with Crippen molar-refractivity contribution < 1.29 is 9.90 Å². The Hall–Kier alpha value is -0.860. The first kappa shape index (κ1) is 8.24. The predicted octanol–water partition coefficient (Wildman–Crippen LogP) is 2.08. The lowest BCUT2D eigenvalue weighted by Gasteiger charge is -1.86. The Kier molecular flexibility index (Phi) is 2.27. The van der Waals surface area contributed by atoms with Crippen molar-refractivity contribution in [1.29, 1.82) is 5.26 Å². The number of carbonyl (C=O) groups is 1. The van der Waals surface area contributed by atoms with E-state index in [2.05, 4.69) is 15.9 Å². The lowest BCUT2D eigenvalue weighted by atomic mass is 10.3. The average molecular weight is 232 g/mol. The third-order valence-corrected chi connectivity index (χ3v) is 2.95. The van der Waals surface area contributed by atoms with E-state index in [0.717, 1.165) is 11.3 Å². The molecule has 5 heteroatoms. The zero-order valence-corrected chi connectivity index (χ0v) is 7.57. The molecule has 0 aromatic carbocycles. The van der Waals surface area contributed by atoms with Gasteiger partial charge in [0, 0.05) is 9.85 Å². The van der Waals surface area contributed by atoms with Gasteiger partial charge in [0.05, 0.1) is 5.56 Å². The van der Waals surface area contributed by atoms with E-state index in [1.165, 1.54) is 0 Å². The van der Waals surface area contributed by atoms with Crippen LogP contribution in [0, 0.1) is 11.3 Å². The Balaban J connectivity index is 3.30. The van der Waals surface area contributed by atoms with Gasteiger partial charge in [-0.2, -0.15) is 5.26 Å². The van der Waals surface area contributed by atoms with Gasteiger partial charge in [-0.05, 0) is 15.9 Å². The second-order valence-electron chi connectivity index (χ2n) is 1.70. The van der Waals surface area contributed by atoms with Crippen molar-refractivity contribution in [3.63, 3.8) is 0 Å². The second-order valence-corrected chi connectivity index (χ2v) is 3.44. The molecule has 3 nitrogen and oxygen atoms in total. The Bertz CT molecular complexity index is 339. The van der Waals surface area contributed by atoms with Gasteiger partial charge in [-0.25, -0.2) is 4.79 Å². The fourth-order valence-electron chi connectivity index (χ4n) is 0.598. The molecule has 56 valence electrons. The molecule has 0 atom stereocenters. The monoisotopic (exact) mass is 231 g/mol. The SMILES string of the molecule is N#Cc1c(Br)csc1C(=O)O. The van der Waals surface area contributed by atoms with Crippen LogP contribution in [0.15, 0.2) is 9.85 Å². The van der Waals surface area contributed by atoms with E-state index in [9.17, 15) is 4.79 Å². The summed E-state index contributed by atoms with van der Waals surface area (Å²) in [6.07, 6.45) is 0. The summed E-state index contributed by atoms with van der Waals surface area (Å²) in [7, 11) is 0. The summed E-state index contributed by atoms with van der Waals surface area (Å²) in [5, 5.41) is 18.6. The number of aromatic carboxylic acids is 1. The van der Waals surface area contributed by atoms with Crippen LogP contribution in [0.2, 0.25) is 0 Å². The molecule has 0 amide bonds. The molecular weight excluding hydrogens is 230 g/mol. The molecule has 0 aliphatic heterocycles. The Morgan fingerprint density at radius 2 is 2.45 bits per heavy atom. The molecule has 0 bridgehead atoms. The fourth-order valence-corrected chi connectivity index (χ4v) is 2.01. The van der Waals surface area contributed by atoms with Gasteiger partial charge >= 0.3 is 5.97 Å². The zero-order valence-electron chi connectivity index (χ0n) is 5.17. The van der Waals surface area contributed by atoms with Crippen LogP contribution >= 0.6 is 27.3 Å². The minimum atomic E-state index is -1.06. The molecule has 1 N–H and O–H groups in total. The van der Waals surface area contributed by atoms with Crippen LogP contribution < -0.4 is 0 Å². The largest absolute Gasteiger partial charge is 0.477 e. The van der Waals surface area contributed by atoms with Crippen LogP contribution in [-0.4, -0.2) is 11.1 Å². The minimum Gasteiger partial charge on any atom is -0.477 e. The minimum absolute atomic E-state index is 0.0828. The second kappa shape index (κ2) is 3.03.